The van der Waals surface area contributed by atoms with E-state index in [4.69, 9.17) is 0 Å². The van der Waals surface area contributed by atoms with Gasteiger partial charge in [0.2, 0.25) is 0 Å². The maximum Gasteiger partial charge on any atom is 0 e. The fraction of sp³-hybridized carbons (Fsp3) is 0.429. The molecule has 0 heterocycles. The van der Waals surface area contributed by atoms with E-state index in [0.29, 0.717) is 0 Å². The molecule has 1 aliphatic carbocycles. The number of hydrogen-bond donors (Lipinski definition) is 0. The van der Waals surface area contributed by atoms with Gasteiger partial charge >= 0.3 is 0 Å². The Bertz CT molecular complexity index is 115. The van der Waals surface area contributed by atoms with Gasteiger partial charge in [-0.15, -0.1) is 13.3 Å². The van der Waals surface area contributed by atoms with Crippen LogP contribution in [-0.4, -0.2) is 0 Å². The molecule has 1 radical (unpaired) electrons. The van der Waals surface area contributed by atoms with E-state index >= 15 is 0 Å². The smallest absolute Gasteiger partial charge is 0 e. The van der Waals surface area contributed by atoms with Crippen LogP contribution in [0.15, 0.2) is 17.2 Å². The Morgan fingerprint density at radius 2 is 2.12 bits per heavy atom. The maximum absolute atomic E-state index is 3.19. The van der Waals surface area contributed by atoms with Crippen LogP contribution in [0.5, 0.6) is 0 Å². The van der Waals surface area contributed by atoms with Gasteiger partial charge in [-0.05, 0) is 0 Å². The molecule has 0 nitrogen and oxygen atoms in total. The molecule has 1 rings (SSSR count). The Kier molecular flexibility index (Phi) is 3.11. The Morgan fingerprint density at radius 1 is 1.50 bits per heavy atom. The maximum atomic E-state index is 3.19. The molecule has 0 atom stereocenters. The molecule has 0 amide bonds. The number of rotatable bonds is 0. The first kappa shape index (κ1) is 8.00. The third-order valence-electron chi connectivity index (χ3n) is 1.37. The minimum absolute atomic E-state index is 0. The topological polar surface area (TPSA) is 0 Å². The van der Waals surface area contributed by atoms with Crippen LogP contribution in [0.2, 0.25) is 0 Å². The Labute approximate surface area is 61.1 Å². The van der Waals surface area contributed by atoms with E-state index in [-0.39, 0.29) is 17.1 Å². The molecule has 0 fully saturated rings. The third kappa shape index (κ3) is 1.50. The first-order valence-electron chi connectivity index (χ1n) is 2.55. The summed E-state index contributed by atoms with van der Waals surface area (Å²) < 4.78 is 0. The molecule has 0 aliphatic heterocycles. The molecule has 1 heteroatoms. The van der Waals surface area contributed by atoms with Crippen molar-refractivity contribution in [2.24, 2.45) is 0 Å². The second-order valence-electron chi connectivity index (χ2n) is 1.89. The molecule has 0 bridgehead atoms. The predicted octanol–water partition coefficient (Wildman–Crippen LogP) is 2.08. The average molecular weight is 148 g/mol. The van der Waals surface area contributed by atoms with Gasteiger partial charge in [-0.25, -0.2) is 11.1 Å². The third-order valence-corrected chi connectivity index (χ3v) is 1.37. The Hall–Kier alpha value is -0.000519. The zero-order valence-electron chi connectivity index (χ0n) is 5.16. The first-order chi connectivity index (χ1) is 3.30. The quantitative estimate of drug-likeness (QED) is 0.364. The van der Waals surface area contributed by atoms with Gasteiger partial charge in [0.05, 0.1) is 0 Å². The van der Waals surface area contributed by atoms with Crippen molar-refractivity contribution in [2.75, 3.05) is 0 Å². The summed E-state index contributed by atoms with van der Waals surface area (Å²) in [4.78, 5) is 0. The minimum atomic E-state index is 0. The summed E-state index contributed by atoms with van der Waals surface area (Å²) in [6.45, 7) is 4.22. The van der Waals surface area contributed by atoms with Crippen LogP contribution in [0, 0.1) is 6.08 Å². The van der Waals surface area contributed by atoms with Crippen molar-refractivity contribution in [3.05, 3.63) is 23.3 Å². The van der Waals surface area contributed by atoms with E-state index < -0.39 is 0 Å². The summed E-state index contributed by atoms with van der Waals surface area (Å²) in [7, 11) is 0. The van der Waals surface area contributed by atoms with E-state index in [9.17, 15) is 0 Å². The normalized spacial score (nSPS) is 16.8. The van der Waals surface area contributed by atoms with Crippen molar-refractivity contribution < 1.29 is 17.1 Å². The summed E-state index contributed by atoms with van der Waals surface area (Å²) in [6, 6.07) is 0. The molecule has 0 aromatic rings. The van der Waals surface area contributed by atoms with Gasteiger partial charge in [-0.3, -0.25) is 6.08 Å². The molecule has 45 valence electrons. The van der Waals surface area contributed by atoms with Gasteiger partial charge < -0.3 is 0 Å². The predicted molar refractivity (Wildman–Crippen MR) is 30.8 cm³/mol. The zero-order valence-corrected chi connectivity index (χ0v) is 6.34. The fourth-order valence-electron chi connectivity index (χ4n) is 0.650. The molecule has 8 heavy (non-hydrogen) atoms. The second-order valence-corrected chi connectivity index (χ2v) is 1.89. The van der Waals surface area contributed by atoms with Crippen LogP contribution in [0.25, 0.3) is 0 Å². The molecular weight excluding hydrogens is 139 g/mol. The van der Waals surface area contributed by atoms with E-state index in [1.807, 2.05) is 0 Å². The second kappa shape index (κ2) is 3.11. The van der Waals surface area contributed by atoms with Crippen LogP contribution < -0.4 is 0 Å². The van der Waals surface area contributed by atoms with Gasteiger partial charge in [0, 0.05) is 17.1 Å². The molecule has 0 saturated carbocycles. The van der Waals surface area contributed by atoms with E-state index in [0.717, 1.165) is 6.42 Å². The van der Waals surface area contributed by atoms with Gasteiger partial charge in [0.1, 0.15) is 0 Å². The van der Waals surface area contributed by atoms with Crippen molar-refractivity contribution in [3.8, 4) is 0 Å². The molecule has 0 unspecified atom stereocenters. The van der Waals surface area contributed by atoms with Crippen LogP contribution in [-0.2, 0) is 17.1 Å². The summed E-state index contributed by atoms with van der Waals surface area (Å²) in [6.07, 6.45) is 6.41. The Balaban J connectivity index is 0.000000490. The zero-order chi connectivity index (χ0) is 5.28. The van der Waals surface area contributed by atoms with Crippen molar-refractivity contribution >= 4 is 0 Å². The van der Waals surface area contributed by atoms with Gasteiger partial charge in [0.15, 0.2) is 0 Å². The van der Waals surface area contributed by atoms with Crippen LogP contribution >= 0.6 is 0 Å². The first-order valence-corrected chi connectivity index (χ1v) is 2.55. The molecule has 1 aliphatic rings. The molecule has 0 aromatic carbocycles. The van der Waals surface area contributed by atoms with E-state index in [1.165, 1.54) is 11.1 Å². The van der Waals surface area contributed by atoms with Crippen molar-refractivity contribution in [3.63, 3.8) is 0 Å². The van der Waals surface area contributed by atoms with Crippen LogP contribution in [0.3, 0.4) is 0 Å². The van der Waals surface area contributed by atoms with Crippen molar-refractivity contribution in [1.29, 1.82) is 0 Å². The van der Waals surface area contributed by atoms with Crippen molar-refractivity contribution in [1.82, 2.24) is 0 Å². The standard InChI is InChI=1S/C7H9.Mn/c1-6-4-3-5-7(6)2;/h4H,3H2,1-2H3;/q-1;. The van der Waals surface area contributed by atoms with Gasteiger partial charge in [-0.1, -0.05) is 6.92 Å². The summed E-state index contributed by atoms with van der Waals surface area (Å²) in [5, 5.41) is 0. The van der Waals surface area contributed by atoms with Crippen LogP contribution in [0.1, 0.15) is 20.3 Å². The Morgan fingerprint density at radius 3 is 2.25 bits per heavy atom. The summed E-state index contributed by atoms with van der Waals surface area (Å²) >= 11 is 0. The summed E-state index contributed by atoms with van der Waals surface area (Å²) in [5.74, 6) is 0. The average Bonchev–Trinajstić information content (AvgIpc) is 1.91. The number of allylic oxidation sites excluding steroid dienone is 4. The number of hydrogen-bond acceptors (Lipinski definition) is 0. The minimum Gasteiger partial charge on any atom is -0.270 e. The molecule has 0 aromatic heterocycles. The van der Waals surface area contributed by atoms with Gasteiger partial charge in [0.25, 0.3) is 0 Å². The molecule has 0 N–H and O–H groups in total. The largest absolute Gasteiger partial charge is 0.270 e. The molecule has 0 saturated heterocycles. The summed E-state index contributed by atoms with van der Waals surface area (Å²) in [5.41, 5.74) is 2.71. The van der Waals surface area contributed by atoms with E-state index in [2.05, 4.69) is 26.0 Å². The fourth-order valence-corrected chi connectivity index (χ4v) is 0.650. The SMILES string of the molecule is CC1=[C-]CC=C1C.[Mn]. The van der Waals surface area contributed by atoms with Crippen LogP contribution in [0.4, 0.5) is 0 Å². The van der Waals surface area contributed by atoms with Gasteiger partial charge in [-0.2, -0.15) is 6.08 Å². The molecular formula is C7H9Mn-. The van der Waals surface area contributed by atoms with E-state index in [1.54, 1.807) is 0 Å². The van der Waals surface area contributed by atoms with Crippen molar-refractivity contribution in [2.45, 2.75) is 20.3 Å². The molecule has 0 spiro atoms. The monoisotopic (exact) mass is 148 g/mol.